The lowest BCUT2D eigenvalue weighted by molar-refractivity contribution is -0.118. The average molecular weight is 311 g/mol. The second-order valence-electron chi connectivity index (χ2n) is 4.24. The predicted octanol–water partition coefficient (Wildman–Crippen LogP) is 3.13. The number of carbonyl (C=O) groups excluding carboxylic acids is 1. The van der Waals surface area contributed by atoms with E-state index < -0.39 is 35.7 Å². The Labute approximate surface area is 124 Å². The van der Waals surface area contributed by atoms with E-state index in [2.05, 4.69) is 5.32 Å². The van der Waals surface area contributed by atoms with Crippen LogP contribution in [-0.4, -0.2) is 19.6 Å². The van der Waals surface area contributed by atoms with Gasteiger partial charge in [-0.2, -0.15) is 0 Å². The Morgan fingerprint density at radius 3 is 2.55 bits per heavy atom. The van der Waals surface area contributed by atoms with Crippen LogP contribution in [0, 0.1) is 17.5 Å². The van der Waals surface area contributed by atoms with Gasteiger partial charge in [-0.3, -0.25) is 4.79 Å². The molecule has 4 nitrogen and oxygen atoms in total. The molecule has 0 spiro atoms. The second kappa shape index (κ2) is 6.84. The van der Waals surface area contributed by atoms with E-state index in [9.17, 15) is 18.0 Å². The molecular formula is C15H12F3NO3. The highest BCUT2D eigenvalue weighted by molar-refractivity contribution is 5.92. The minimum absolute atomic E-state index is 0.375. The number of nitrogens with one attached hydrogen (secondary N) is 1. The van der Waals surface area contributed by atoms with Crippen molar-refractivity contribution < 1.29 is 27.4 Å². The van der Waals surface area contributed by atoms with Crippen LogP contribution in [0.1, 0.15) is 0 Å². The zero-order valence-corrected chi connectivity index (χ0v) is 11.5. The molecule has 0 saturated heterocycles. The third-order valence-electron chi connectivity index (χ3n) is 2.72. The van der Waals surface area contributed by atoms with Crippen molar-refractivity contribution in [1.82, 2.24) is 0 Å². The molecule has 0 saturated carbocycles. The summed E-state index contributed by atoms with van der Waals surface area (Å²) in [7, 11) is 1.48. The van der Waals surface area contributed by atoms with E-state index in [1.54, 1.807) is 24.3 Å². The highest BCUT2D eigenvalue weighted by Gasteiger charge is 2.15. The molecule has 0 heterocycles. The summed E-state index contributed by atoms with van der Waals surface area (Å²) >= 11 is 0. The molecule has 1 N–H and O–H groups in total. The lowest BCUT2D eigenvalue weighted by Gasteiger charge is -2.09. The number of hydrogen-bond donors (Lipinski definition) is 1. The van der Waals surface area contributed by atoms with Crippen LogP contribution in [0.3, 0.4) is 0 Å². The fourth-order valence-corrected chi connectivity index (χ4v) is 1.65. The first-order chi connectivity index (χ1) is 10.5. The lowest BCUT2D eigenvalue weighted by Crippen LogP contribution is -2.21. The minimum atomic E-state index is -1.65. The van der Waals surface area contributed by atoms with Crippen LogP contribution in [0.4, 0.5) is 18.9 Å². The monoisotopic (exact) mass is 311 g/mol. The van der Waals surface area contributed by atoms with Crippen molar-refractivity contribution in [1.29, 1.82) is 0 Å². The quantitative estimate of drug-likeness (QED) is 0.863. The van der Waals surface area contributed by atoms with Crippen molar-refractivity contribution in [2.45, 2.75) is 0 Å². The zero-order chi connectivity index (χ0) is 16.1. The molecular weight excluding hydrogens is 299 g/mol. The number of carbonyl (C=O) groups is 1. The number of benzene rings is 2. The average Bonchev–Trinajstić information content (AvgIpc) is 2.54. The number of ether oxygens (including phenoxy) is 2. The maximum Gasteiger partial charge on any atom is 0.262 e. The van der Waals surface area contributed by atoms with Gasteiger partial charge in [-0.25, -0.2) is 13.2 Å². The van der Waals surface area contributed by atoms with E-state index in [1.165, 1.54) is 7.11 Å². The SMILES string of the molecule is COc1cccc(OCC(=O)Nc2ccc(F)c(F)c2F)c1. The molecule has 0 fully saturated rings. The summed E-state index contributed by atoms with van der Waals surface area (Å²) < 4.78 is 49.4. The van der Waals surface area contributed by atoms with Gasteiger partial charge in [-0.05, 0) is 24.3 Å². The van der Waals surface area contributed by atoms with Gasteiger partial charge >= 0.3 is 0 Å². The summed E-state index contributed by atoms with van der Waals surface area (Å²) in [5, 5.41) is 2.10. The van der Waals surface area contributed by atoms with E-state index >= 15 is 0 Å². The van der Waals surface area contributed by atoms with Crippen molar-refractivity contribution >= 4 is 11.6 Å². The van der Waals surface area contributed by atoms with Gasteiger partial charge in [0.05, 0.1) is 12.8 Å². The molecule has 1 amide bonds. The van der Waals surface area contributed by atoms with E-state index in [0.29, 0.717) is 11.5 Å². The maximum absolute atomic E-state index is 13.4. The molecule has 7 heteroatoms. The molecule has 22 heavy (non-hydrogen) atoms. The Morgan fingerprint density at radius 2 is 1.82 bits per heavy atom. The first-order valence-electron chi connectivity index (χ1n) is 6.21. The van der Waals surface area contributed by atoms with Gasteiger partial charge in [0.15, 0.2) is 24.1 Å². The van der Waals surface area contributed by atoms with Gasteiger partial charge in [0.25, 0.3) is 5.91 Å². The number of hydrogen-bond acceptors (Lipinski definition) is 3. The van der Waals surface area contributed by atoms with Crippen molar-refractivity contribution in [3.05, 3.63) is 53.8 Å². The van der Waals surface area contributed by atoms with Crippen molar-refractivity contribution in [3.8, 4) is 11.5 Å². The molecule has 2 aromatic rings. The van der Waals surface area contributed by atoms with Crippen LogP contribution < -0.4 is 14.8 Å². The minimum Gasteiger partial charge on any atom is -0.497 e. The Kier molecular flexibility index (Phi) is 4.88. The van der Waals surface area contributed by atoms with Crippen molar-refractivity contribution in [3.63, 3.8) is 0 Å². The molecule has 116 valence electrons. The number of anilines is 1. The molecule has 0 aliphatic carbocycles. The number of rotatable bonds is 5. The number of amides is 1. The van der Waals surface area contributed by atoms with Crippen LogP contribution in [0.2, 0.25) is 0 Å². The Balaban J connectivity index is 1.97. The first-order valence-corrected chi connectivity index (χ1v) is 6.21. The fraction of sp³-hybridized carbons (Fsp3) is 0.133. The molecule has 0 aliphatic rings. The Hall–Kier alpha value is -2.70. The van der Waals surface area contributed by atoms with Crippen LogP contribution in [0.25, 0.3) is 0 Å². The van der Waals surface area contributed by atoms with Crippen LogP contribution in [0.5, 0.6) is 11.5 Å². The third-order valence-corrected chi connectivity index (χ3v) is 2.72. The molecule has 0 unspecified atom stereocenters. The lowest BCUT2D eigenvalue weighted by atomic mass is 10.3. The van der Waals surface area contributed by atoms with E-state index in [-0.39, 0.29) is 0 Å². The van der Waals surface area contributed by atoms with Gasteiger partial charge in [-0.1, -0.05) is 6.07 Å². The topological polar surface area (TPSA) is 47.6 Å². The fourth-order valence-electron chi connectivity index (χ4n) is 1.65. The summed E-state index contributed by atoms with van der Waals surface area (Å²) in [6, 6.07) is 8.18. The van der Waals surface area contributed by atoms with Crippen LogP contribution in [0.15, 0.2) is 36.4 Å². The van der Waals surface area contributed by atoms with Gasteiger partial charge in [0.1, 0.15) is 11.5 Å². The van der Waals surface area contributed by atoms with Gasteiger partial charge in [0, 0.05) is 6.07 Å². The highest BCUT2D eigenvalue weighted by atomic mass is 19.2. The summed E-state index contributed by atoms with van der Waals surface area (Å²) in [6.07, 6.45) is 0. The van der Waals surface area contributed by atoms with Crippen molar-refractivity contribution in [2.75, 3.05) is 19.0 Å². The second-order valence-corrected chi connectivity index (χ2v) is 4.24. The maximum atomic E-state index is 13.4. The van der Waals surface area contributed by atoms with Gasteiger partial charge in [0.2, 0.25) is 0 Å². The van der Waals surface area contributed by atoms with Gasteiger partial charge < -0.3 is 14.8 Å². The summed E-state index contributed by atoms with van der Waals surface area (Å²) in [4.78, 5) is 11.6. The van der Waals surface area contributed by atoms with Crippen LogP contribution in [-0.2, 0) is 4.79 Å². The zero-order valence-electron chi connectivity index (χ0n) is 11.5. The van der Waals surface area contributed by atoms with E-state index in [1.807, 2.05) is 0 Å². The van der Waals surface area contributed by atoms with E-state index in [4.69, 9.17) is 9.47 Å². The van der Waals surface area contributed by atoms with Crippen LogP contribution >= 0.6 is 0 Å². The highest BCUT2D eigenvalue weighted by Crippen LogP contribution is 2.20. The number of halogens is 3. The molecule has 0 aliphatic heterocycles. The first kappa shape index (κ1) is 15.7. The third kappa shape index (κ3) is 3.69. The Bertz CT molecular complexity index is 692. The van der Waals surface area contributed by atoms with E-state index in [0.717, 1.165) is 12.1 Å². The molecule has 2 aromatic carbocycles. The predicted molar refractivity (Wildman–Crippen MR) is 73.4 cm³/mol. The molecule has 0 aromatic heterocycles. The number of methoxy groups -OCH3 is 1. The molecule has 0 bridgehead atoms. The largest absolute Gasteiger partial charge is 0.497 e. The standard InChI is InChI=1S/C15H12F3NO3/c1-21-9-3-2-4-10(7-9)22-8-13(20)19-12-6-5-11(16)14(17)15(12)18/h2-7H,8H2,1H3,(H,19,20). The Morgan fingerprint density at radius 1 is 1.09 bits per heavy atom. The molecule has 2 rings (SSSR count). The summed E-state index contributed by atoms with van der Waals surface area (Å²) in [6.45, 7) is -0.425. The molecule has 0 atom stereocenters. The van der Waals surface area contributed by atoms with Gasteiger partial charge in [-0.15, -0.1) is 0 Å². The smallest absolute Gasteiger partial charge is 0.262 e. The summed E-state index contributed by atoms with van der Waals surface area (Å²) in [5.41, 5.74) is -0.460. The molecule has 0 radical (unpaired) electrons. The normalized spacial score (nSPS) is 10.2. The van der Waals surface area contributed by atoms with Crippen molar-refractivity contribution in [2.24, 2.45) is 0 Å². The summed E-state index contributed by atoms with van der Waals surface area (Å²) in [5.74, 6) is -4.23.